The lowest BCUT2D eigenvalue weighted by Crippen LogP contribution is -2.11. The monoisotopic (exact) mass is 267 g/mol. The van der Waals surface area contributed by atoms with Crippen molar-refractivity contribution in [3.05, 3.63) is 28.8 Å². The van der Waals surface area contributed by atoms with Crippen molar-refractivity contribution in [1.29, 1.82) is 0 Å². The van der Waals surface area contributed by atoms with Gasteiger partial charge in [-0.25, -0.2) is 13.2 Å². The molecule has 0 aliphatic rings. The van der Waals surface area contributed by atoms with E-state index in [2.05, 4.69) is 9.72 Å². The molecule has 0 amide bonds. The molecule has 0 atom stereocenters. The topological polar surface area (TPSA) is 39.2 Å². The number of rotatable bonds is 4. The molecule has 0 aromatic carbocycles. The second-order valence-electron chi connectivity index (χ2n) is 3.15. The third-order valence-corrected chi connectivity index (χ3v) is 2.37. The summed E-state index contributed by atoms with van der Waals surface area (Å²) >= 11 is 5.36. The van der Waals surface area contributed by atoms with Crippen LogP contribution in [0.15, 0.2) is 6.20 Å². The second-order valence-corrected chi connectivity index (χ2v) is 3.41. The van der Waals surface area contributed by atoms with Gasteiger partial charge < -0.3 is 4.74 Å². The number of ether oxygens (including phenoxy) is 1. The first-order valence-electron chi connectivity index (χ1n) is 4.58. The first-order valence-corrected chi connectivity index (χ1v) is 5.11. The van der Waals surface area contributed by atoms with Crippen LogP contribution in [0.5, 0.6) is 0 Å². The van der Waals surface area contributed by atoms with Crippen LogP contribution in [0.4, 0.5) is 13.2 Å². The van der Waals surface area contributed by atoms with Crippen LogP contribution < -0.4 is 0 Å². The van der Waals surface area contributed by atoms with E-state index in [1.807, 2.05) is 0 Å². The fourth-order valence-corrected chi connectivity index (χ4v) is 1.46. The Balaban J connectivity index is 3.21. The van der Waals surface area contributed by atoms with Gasteiger partial charge in [0.1, 0.15) is 0 Å². The predicted octanol–water partition coefficient (Wildman–Crippen LogP) is 2.61. The predicted molar refractivity (Wildman–Crippen MR) is 54.4 cm³/mol. The fourth-order valence-electron chi connectivity index (χ4n) is 1.28. The molecule has 1 heterocycles. The lowest BCUT2D eigenvalue weighted by atomic mass is 10.1. The molecule has 94 valence electrons. The van der Waals surface area contributed by atoms with Crippen LogP contribution in [0.3, 0.4) is 0 Å². The Labute approximate surface area is 101 Å². The first kappa shape index (κ1) is 13.8. The van der Waals surface area contributed by atoms with Crippen LogP contribution in [0.2, 0.25) is 0 Å². The van der Waals surface area contributed by atoms with Crippen molar-refractivity contribution in [2.75, 3.05) is 7.11 Å². The SMILES string of the molecule is COC(=O)Cc1cnc(CCl)c(F)c1C(F)F. The number of alkyl halides is 3. The van der Waals surface area contributed by atoms with Gasteiger partial charge in [0.2, 0.25) is 0 Å². The minimum atomic E-state index is -3.04. The molecule has 1 aromatic rings. The molecule has 0 saturated carbocycles. The minimum Gasteiger partial charge on any atom is -0.469 e. The van der Waals surface area contributed by atoms with Gasteiger partial charge in [0.25, 0.3) is 6.43 Å². The Kier molecular flexibility index (Phi) is 4.74. The molecule has 0 aliphatic heterocycles. The van der Waals surface area contributed by atoms with Gasteiger partial charge in [-0.1, -0.05) is 0 Å². The maximum Gasteiger partial charge on any atom is 0.310 e. The van der Waals surface area contributed by atoms with Crippen molar-refractivity contribution in [2.24, 2.45) is 0 Å². The number of carbonyl (C=O) groups excluding carboxylic acids is 1. The van der Waals surface area contributed by atoms with Crippen LogP contribution in [0.25, 0.3) is 0 Å². The minimum absolute atomic E-state index is 0.196. The highest BCUT2D eigenvalue weighted by molar-refractivity contribution is 6.16. The second kappa shape index (κ2) is 5.86. The van der Waals surface area contributed by atoms with Gasteiger partial charge in [-0.05, 0) is 5.56 Å². The van der Waals surface area contributed by atoms with Gasteiger partial charge in [0, 0.05) is 6.20 Å². The van der Waals surface area contributed by atoms with E-state index < -0.39 is 30.2 Å². The highest BCUT2D eigenvalue weighted by Gasteiger charge is 2.23. The van der Waals surface area contributed by atoms with Gasteiger partial charge in [-0.15, -0.1) is 11.6 Å². The molecule has 1 rings (SSSR count). The van der Waals surface area contributed by atoms with Gasteiger partial charge in [0.15, 0.2) is 5.82 Å². The van der Waals surface area contributed by atoms with Crippen molar-refractivity contribution < 1.29 is 22.7 Å². The molecular formula is C10H9ClF3NO2. The van der Waals surface area contributed by atoms with Gasteiger partial charge in [-0.2, -0.15) is 0 Å². The lowest BCUT2D eigenvalue weighted by Gasteiger charge is -2.10. The third-order valence-electron chi connectivity index (χ3n) is 2.12. The number of halogens is 4. The Morgan fingerprint density at radius 1 is 1.59 bits per heavy atom. The molecule has 1 aromatic heterocycles. The highest BCUT2D eigenvalue weighted by Crippen LogP contribution is 2.28. The van der Waals surface area contributed by atoms with Gasteiger partial charge in [0.05, 0.1) is 30.7 Å². The van der Waals surface area contributed by atoms with Gasteiger partial charge >= 0.3 is 5.97 Å². The fraction of sp³-hybridized carbons (Fsp3) is 0.400. The molecule has 0 radical (unpaired) electrons. The summed E-state index contributed by atoms with van der Waals surface area (Å²) in [6.07, 6.45) is -2.48. The van der Waals surface area contributed by atoms with E-state index in [0.29, 0.717) is 0 Å². The van der Waals surface area contributed by atoms with Crippen molar-refractivity contribution >= 4 is 17.6 Å². The number of carbonyl (C=O) groups is 1. The molecule has 0 unspecified atom stereocenters. The summed E-state index contributed by atoms with van der Waals surface area (Å²) < 4.78 is 43.3. The lowest BCUT2D eigenvalue weighted by molar-refractivity contribution is -0.139. The maximum absolute atomic E-state index is 13.6. The molecule has 7 heteroatoms. The van der Waals surface area contributed by atoms with E-state index in [1.54, 1.807) is 0 Å². The molecule has 3 nitrogen and oxygen atoms in total. The van der Waals surface area contributed by atoms with E-state index in [-0.39, 0.29) is 17.1 Å². The Morgan fingerprint density at radius 3 is 2.71 bits per heavy atom. The smallest absolute Gasteiger partial charge is 0.310 e. The third kappa shape index (κ3) is 3.09. The standard InChI is InChI=1S/C10H9ClF3NO2/c1-17-7(16)2-5-4-15-6(3-11)9(12)8(5)10(13)14/h4,10H,2-3H2,1H3. The van der Waals surface area contributed by atoms with Crippen LogP contribution in [-0.2, 0) is 21.8 Å². The Bertz CT molecular complexity index is 426. The number of hydrogen-bond donors (Lipinski definition) is 0. The summed E-state index contributed by atoms with van der Waals surface area (Å²) in [5.74, 6) is -2.23. The van der Waals surface area contributed by atoms with Crippen molar-refractivity contribution in [3.8, 4) is 0 Å². The molecular weight excluding hydrogens is 259 g/mol. The number of esters is 1. The molecule has 0 fully saturated rings. The molecule has 0 spiro atoms. The summed E-state index contributed by atoms with van der Waals surface area (Å²) in [7, 11) is 1.11. The van der Waals surface area contributed by atoms with E-state index in [9.17, 15) is 18.0 Å². The van der Waals surface area contributed by atoms with Crippen molar-refractivity contribution in [1.82, 2.24) is 4.98 Å². The molecule has 0 saturated heterocycles. The normalized spacial score (nSPS) is 10.7. The van der Waals surface area contributed by atoms with E-state index >= 15 is 0 Å². The van der Waals surface area contributed by atoms with Crippen LogP contribution >= 0.6 is 11.6 Å². The number of pyridine rings is 1. The van der Waals surface area contributed by atoms with E-state index in [4.69, 9.17) is 11.6 Å². The molecule has 17 heavy (non-hydrogen) atoms. The number of methoxy groups -OCH3 is 1. The summed E-state index contributed by atoms with van der Waals surface area (Å²) in [5, 5.41) is 0. The summed E-state index contributed by atoms with van der Waals surface area (Å²) in [4.78, 5) is 14.6. The maximum atomic E-state index is 13.6. The average Bonchev–Trinajstić information content (AvgIpc) is 2.28. The molecule has 0 N–H and O–H groups in total. The molecule has 0 aliphatic carbocycles. The largest absolute Gasteiger partial charge is 0.469 e. The number of aromatic nitrogens is 1. The summed E-state index contributed by atoms with van der Waals surface area (Å²) in [6, 6.07) is 0. The molecule has 0 bridgehead atoms. The van der Waals surface area contributed by atoms with Crippen LogP contribution in [0, 0.1) is 5.82 Å². The first-order chi connectivity index (χ1) is 8.01. The number of hydrogen-bond acceptors (Lipinski definition) is 3. The van der Waals surface area contributed by atoms with Crippen molar-refractivity contribution in [2.45, 2.75) is 18.7 Å². The Hall–Kier alpha value is -1.30. The van der Waals surface area contributed by atoms with E-state index in [1.165, 1.54) is 0 Å². The average molecular weight is 268 g/mol. The zero-order valence-electron chi connectivity index (χ0n) is 8.84. The van der Waals surface area contributed by atoms with Crippen LogP contribution in [-0.4, -0.2) is 18.1 Å². The summed E-state index contributed by atoms with van der Waals surface area (Å²) in [5.41, 5.74) is -1.31. The zero-order valence-corrected chi connectivity index (χ0v) is 9.60. The van der Waals surface area contributed by atoms with Gasteiger partial charge in [-0.3, -0.25) is 9.78 Å². The summed E-state index contributed by atoms with van der Waals surface area (Å²) in [6.45, 7) is 0. The van der Waals surface area contributed by atoms with E-state index in [0.717, 1.165) is 13.3 Å². The quantitative estimate of drug-likeness (QED) is 0.622. The number of nitrogens with zero attached hydrogens (tertiary/aromatic N) is 1. The zero-order chi connectivity index (χ0) is 13.0. The van der Waals surface area contributed by atoms with Crippen molar-refractivity contribution in [3.63, 3.8) is 0 Å². The highest BCUT2D eigenvalue weighted by atomic mass is 35.5. The van der Waals surface area contributed by atoms with Crippen LogP contribution in [0.1, 0.15) is 23.2 Å². The Morgan fingerprint density at radius 2 is 2.24 bits per heavy atom.